The van der Waals surface area contributed by atoms with Crippen molar-refractivity contribution in [2.45, 2.75) is 76.0 Å². The summed E-state index contributed by atoms with van der Waals surface area (Å²) in [5.74, 6) is -12.5. The molecule has 7 atom stereocenters. The van der Waals surface area contributed by atoms with Gasteiger partial charge < -0.3 is 26.5 Å². The topological polar surface area (TPSA) is 199 Å². The Labute approximate surface area is 238 Å². The molecular weight excluding hydrogens is 530 g/mol. The number of aliphatic hydroxyl groups excluding tert-OH is 1. The zero-order valence-corrected chi connectivity index (χ0v) is 24.1. The lowest BCUT2D eigenvalue weighted by Crippen LogP contribution is -2.77. The van der Waals surface area contributed by atoms with Crippen molar-refractivity contribution in [1.29, 1.82) is 5.41 Å². The van der Waals surface area contributed by atoms with Gasteiger partial charge in [-0.25, -0.2) is 0 Å². The van der Waals surface area contributed by atoms with Gasteiger partial charge in [-0.3, -0.25) is 28.9 Å². The highest BCUT2D eigenvalue weighted by atomic mass is 16.3. The molecule has 2 fully saturated rings. The first kappa shape index (κ1) is 30.7. The molecule has 6 N–H and O–H groups in total. The van der Waals surface area contributed by atoms with Gasteiger partial charge in [0.1, 0.15) is 5.75 Å². The smallest absolute Gasteiger partial charge is 0.235 e. The molecule has 0 spiro atoms. The predicted octanol–water partition coefficient (Wildman–Crippen LogP) is 0.715. The monoisotopic (exact) mass is 569 g/mol. The molecule has 0 aromatic heterocycles. The number of nitrogens with one attached hydrogen (secondary N) is 1. The van der Waals surface area contributed by atoms with Crippen molar-refractivity contribution < 1.29 is 39.3 Å². The van der Waals surface area contributed by atoms with E-state index in [1.54, 1.807) is 19.1 Å². The molecule has 2 saturated carbocycles. The number of amides is 1. The van der Waals surface area contributed by atoms with Crippen LogP contribution < -0.4 is 5.73 Å². The number of phenolic OH excluding ortho intramolecular Hbond substituents is 1. The summed E-state index contributed by atoms with van der Waals surface area (Å²) in [5, 5.41) is 42.2. The van der Waals surface area contributed by atoms with Crippen LogP contribution >= 0.6 is 0 Å². The summed E-state index contributed by atoms with van der Waals surface area (Å²) >= 11 is 0. The lowest BCUT2D eigenvalue weighted by Gasteiger charge is -2.54. The highest BCUT2D eigenvalue weighted by Gasteiger charge is 2.72. The van der Waals surface area contributed by atoms with Crippen LogP contribution in [0.2, 0.25) is 0 Å². The number of phenols is 1. The fraction of sp³-hybridized carbons (Fsp3) is 0.600. The number of nitrogens with two attached hydrogens (primary N) is 1. The van der Waals surface area contributed by atoms with E-state index in [1.807, 2.05) is 13.8 Å². The van der Waals surface area contributed by atoms with E-state index in [0.29, 0.717) is 29.7 Å². The first-order valence-corrected chi connectivity index (χ1v) is 13.9. The lowest BCUT2D eigenvalue weighted by atomic mass is 9.51. The van der Waals surface area contributed by atoms with E-state index in [1.165, 1.54) is 19.0 Å². The number of ketones is 4. The third-order valence-corrected chi connectivity index (χ3v) is 9.35. The predicted molar refractivity (Wildman–Crippen MR) is 148 cm³/mol. The molecular formula is C30H39N3O8. The van der Waals surface area contributed by atoms with Crippen LogP contribution in [0, 0.1) is 29.1 Å². The van der Waals surface area contributed by atoms with Crippen molar-refractivity contribution >= 4 is 34.8 Å². The Morgan fingerprint density at radius 1 is 1.15 bits per heavy atom. The van der Waals surface area contributed by atoms with Gasteiger partial charge in [0.25, 0.3) is 0 Å². The number of hydrogen-bond donors (Lipinski definition) is 5. The Balaban J connectivity index is 1.78. The molecule has 3 aliphatic rings. The average Bonchev–Trinajstić information content (AvgIpc) is 2.86. The zero-order valence-electron chi connectivity index (χ0n) is 24.1. The van der Waals surface area contributed by atoms with E-state index < -0.39 is 75.9 Å². The quantitative estimate of drug-likeness (QED) is 0.170. The van der Waals surface area contributed by atoms with Crippen molar-refractivity contribution in [2.24, 2.45) is 29.4 Å². The molecule has 1 aromatic rings. The molecule has 11 nitrogen and oxygen atoms in total. The van der Waals surface area contributed by atoms with Gasteiger partial charge in [0.2, 0.25) is 5.91 Å². The van der Waals surface area contributed by atoms with Gasteiger partial charge in [0.15, 0.2) is 34.7 Å². The first-order chi connectivity index (χ1) is 19.0. The maximum atomic E-state index is 14.0. The van der Waals surface area contributed by atoms with E-state index in [0.717, 1.165) is 12.8 Å². The Morgan fingerprint density at radius 3 is 2.34 bits per heavy atom. The SMILES string of the molecule is CC(=N)CCCCC(C)(C)c1ccc2c(c1O)C(=O)C1C(=O)[C@@]3(O)C(=O)C(C(N)=O)C(=O)[C@H](N(C)C)[C@H]3[C@H](O)[C@H]1C2. The van der Waals surface area contributed by atoms with Crippen LogP contribution in [0.5, 0.6) is 5.75 Å². The number of hydrogen-bond acceptors (Lipinski definition) is 10. The molecule has 3 aliphatic carbocycles. The van der Waals surface area contributed by atoms with Crippen LogP contribution in [-0.2, 0) is 31.0 Å². The Hall–Kier alpha value is -3.28. The maximum Gasteiger partial charge on any atom is 0.235 e. The number of primary amides is 1. The van der Waals surface area contributed by atoms with Crippen molar-refractivity contribution in [1.82, 2.24) is 4.90 Å². The second-order valence-corrected chi connectivity index (χ2v) is 12.7. The first-order valence-electron chi connectivity index (χ1n) is 13.9. The van der Waals surface area contributed by atoms with Gasteiger partial charge >= 0.3 is 0 Å². The summed E-state index contributed by atoms with van der Waals surface area (Å²) in [6.45, 7) is 5.59. The maximum absolute atomic E-state index is 14.0. The fourth-order valence-corrected chi connectivity index (χ4v) is 7.23. The average molecular weight is 570 g/mol. The number of Topliss-reactive ketones (excluding diaryl/α,β-unsaturated/α-hetero) is 4. The second-order valence-electron chi connectivity index (χ2n) is 12.7. The Kier molecular flexibility index (Phi) is 7.87. The molecule has 0 heterocycles. The Bertz CT molecular complexity index is 1350. The summed E-state index contributed by atoms with van der Waals surface area (Å²) in [6.07, 6.45) is 1.26. The largest absolute Gasteiger partial charge is 0.507 e. The summed E-state index contributed by atoms with van der Waals surface area (Å²) in [4.78, 5) is 68.0. The second kappa shape index (κ2) is 10.5. The van der Waals surface area contributed by atoms with Crippen molar-refractivity contribution in [3.63, 3.8) is 0 Å². The highest BCUT2D eigenvalue weighted by Crippen LogP contribution is 2.51. The van der Waals surface area contributed by atoms with E-state index in [-0.39, 0.29) is 17.7 Å². The van der Waals surface area contributed by atoms with Gasteiger partial charge in [-0.15, -0.1) is 0 Å². The van der Waals surface area contributed by atoms with Gasteiger partial charge in [0.05, 0.1) is 29.5 Å². The van der Waals surface area contributed by atoms with Crippen molar-refractivity contribution in [3.8, 4) is 5.75 Å². The fourth-order valence-electron chi connectivity index (χ4n) is 7.23. The number of likely N-dealkylation sites (N-methyl/N-ethyl adjacent to an activating group) is 1. The van der Waals surface area contributed by atoms with Gasteiger partial charge in [-0.05, 0) is 57.7 Å². The van der Waals surface area contributed by atoms with Crippen LogP contribution in [0.15, 0.2) is 12.1 Å². The van der Waals surface area contributed by atoms with Crippen LogP contribution in [-0.4, -0.2) is 86.8 Å². The third-order valence-electron chi connectivity index (χ3n) is 9.35. The van der Waals surface area contributed by atoms with Crippen molar-refractivity contribution in [2.75, 3.05) is 14.1 Å². The molecule has 0 bridgehead atoms. The molecule has 222 valence electrons. The molecule has 1 aromatic carbocycles. The number of benzene rings is 1. The third kappa shape index (κ3) is 4.64. The number of fused-ring (bicyclic) bond motifs is 3. The van der Waals surface area contributed by atoms with Gasteiger partial charge in [0, 0.05) is 17.2 Å². The van der Waals surface area contributed by atoms with Crippen molar-refractivity contribution in [3.05, 3.63) is 28.8 Å². The number of aliphatic hydroxyl groups is 2. The Morgan fingerprint density at radius 2 is 1.78 bits per heavy atom. The summed E-state index contributed by atoms with van der Waals surface area (Å²) in [5.41, 5.74) is 3.17. The molecule has 4 rings (SSSR count). The zero-order chi connectivity index (χ0) is 30.8. The van der Waals surface area contributed by atoms with E-state index in [4.69, 9.17) is 11.1 Å². The number of carbonyl (C=O) groups excluding carboxylic acids is 5. The standard InChI is InChI=1S/C30H39N3O8/c1-13(31)8-6-7-11-29(2,3)16-10-9-14-12-15-18(24(36)17(14)23(16)35)26(38)30(41)20(22(15)34)21(33(4)5)25(37)19(27(30)39)28(32)40/h9-10,15,18-22,31,34-35,41H,6-8,11-12H2,1-5H3,(H2,32,40)/t15-,18?,19?,20-,21+,22+,30+/m0/s1. The molecule has 41 heavy (non-hydrogen) atoms. The lowest BCUT2D eigenvalue weighted by molar-refractivity contribution is -0.195. The molecule has 11 heteroatoms. The van der Waals surface area contributed by atoms with Crippen LogP contribution in [0.4, 0.5) is 0 Å². The van der Waals surface area contributed by atoms with Crippen LogP contribution in [0.1, 0.15) is 67.9 Å². The van der Waals surface area contributed by atoms with E-state index >= 15 is 0 Å². The number of rotatable bonds is 8. The summed E-state index contributed by atoms with van der Waals surface area (Å²) in [6, 6.07) is 2.02. The number of nitrogens with zero attached hydrogens (tertiary/aromatic N) is 1. The summed E-state index contributed by atoms with van der Waals surface area (Å²) in [7, 11) is 2.91. The van der Waals surface area contributed by atoms with E-state index in [9.17, 15) is 39.3 Å². The van der Waals surface area contributed by atoms with Gasteiger partial charge in [-0.1, -0.05) is 32.4 Å². The molecule has 0 saturated heterocycles. The number of aromatic hydroxyl groups is 1. The number of carbonyl (C=O) groups is 5. The molecule has 0 aliphatic heterocycles. The minimum absolute atomic E-state index is 0.0140. The minimum atomic E-state index is -3.00. The normalized spacial score (nSPS) is 31.5. The molecule has 1 amide bonds. The minimum Gasteiger partial charge on any atom is -0.507 e. The molecule has 2 unspecified atom stereocenters. The number of unbranched alkanes of at least 4 members (excludes halogenated alkanes) is 1. The summed E-state index contributed by atoms with van der Waals surface area (Å²) < 4.78 is 0. The van der Waals surface area contributed by atoms with Gasteiger partial charge in [-0.2, -0.15) is 0 Å². The van der Waals surface area contributed by atoms with E-state index in [2.05, 4.69) is 0 Å². The van der Waals surface area contributed by atoms with Crippen LogP contribution in [0.25, 0.3) is 0 Å². The van der Waals surface area contributed by atoms with Crippen LogP contribution in [0.3, 0.4) is 0 Å². The molecule has 0 radical (unpaired) electrons. The highest BCUT2D eigenvalue weighted by molar-refractivity contribution is 6.32.